The van der Waals surface area contributed by atoms with Gasteiger partial charge in [-0.25, -0.2) is 4.39 Å². The van der Waals surface area contributed by atoms with Crippen LogP contribution >= 0.6 is 11.3 Å². The normalized spacial score (nSPS) is 10.8. The second-order valence-corrected chi connectivity index (χ2v) is 5.26. The van der Waals surface area contributed by atoms with Gasteiger partial charge in [0.2, 0.25) is 0 Å². The number of aryl methyl sites for hydroxylation is 1. The number of aromatic amines is 1. The summed E-state index contributed by atoms with van der Waals surface area (Å²) in [6, 6.07) is 6.17. The van der Waals surface area contributed by atoms with Gasteiger partial charge in [-0.2, -0.15) is 5.10 Å². The summed E-state index contributed by atoms with van der Waals surface area (Å²) in [5.41, 5.74) is 0.862. The molecule has 0 aliphatic carbocycles. The first-order valence-corrected chi connectivity index (χ1v) is 6.45. The molecule has 0 bridgehead atoms. The summed E-state index contributed by atoms with van der Waals surface area (Å²) in [6.45, 7) is 1.85. The van der Waals surface area contributed by atoms with E-state index in [-0.39, 0.29) is 11.7 Å². The van der Waals surface area contributed by atoms with Crippen molar-refractivity contribution in [2.24, 2.45) is 0 Å². The van der Waals surface area contributed by atoms with Gasteiger partial charge in [-0.3, -0.25) is 9.89 Å². The lowest BCUT2D eigenvalue weighted by Crippen LogP contribution is -2.11. The third-order valence-corrected chi connectivity index (χ3v) is 3.88. The van der Waals surface area contributed by atoms with Crippen LogP contribution in [-0.4, -0.2) is 16.1 Å². The lowest BCUT2D eigenvalue weighted by molar-refractivity contribution is 0.103. The molecule has 0 aliphatic rings. The molecule has 2 N–H and O–H groups in total. The molecular weight excluding hydrogens is 265 g/mol. The predicted molar refractivity (Wildman–Crippen MR) is 73.1 cm³/mol. The van der Waals surface area contributed by atoms with E-state index in [4.69, 9.17) is 0 Å². The zero-order valence-corrected chi connectivity index (χ0v) is 10.8. The third-order valence-electron chi connectivity index (χ3n) is 2.77. The SMILES string of the molecule is Cc1cn[nH]c1NC(=O)c1cc2cc(F)ccc2s1. The number of benzene rings is 1. The maximum atomic E-state index is 13.1. The minimum absolute atomic E-state index is 0.228. The maximum absolute atomic E-state index is 13.1. The average molecular weight is 275 g/mol. The first kappa shape index (κ1) is 11.9. The Morgan fingerprint density at radius 3 is 3.00 bits per heavy atom. The van der Waals surface area contributed by atoms with E-state index in [1.165, 1.54) is 23.5 Å². The highest BCUT2D eigenvalue weighted by molar-refractivity contribution is 7.20. The monoisotopic (exact) mass is 275 g/mol. The highest BCUT2D eigenvalue weighted by atomic mass is 32.1. The number of hydrogen-bond acceptors (Lipinski definition) is 3. The van der Waals surface area contributed by atoms with Crippen molar-refractivity contribution in [1.82, 2.24) is 10.2 Å². The average Bonchev–Trinajstić information content (AvgIpc) is 2.96. The number of carbonyl (C=O) groups excluding carboxylic acids is 1. The number of nitrogens with zero attached hydrogens (tertiary/aromatic N) is 1. The lowest BCUT2D eigenvalue weighted by atomic mass is 10.2. The molecule has 96 valence electrons. The molecular formula is C13H10FN3OS. The minimum Gasteiger partial charge on any atom is -0.306 e. The number of amides is 1. The fraction of sp³-hybridized carbons (Fsp3) is 0.0769. The number of aromatic nitrogens is 2. The Balaban J connectivity index is 1.91. The zero-order chi connectivity index (χ0) is 13.4. The van der Waals surface area contributed by atoms with E-state index >= 15 is 0 Å². The number of nitrogens with one attached hydrogen (secondary N) is 2. The van der Waals surface area contributed by atoms with Crippen molar-refractivity contribution in [3.63, 3.8) is 0 Å². The van der Waals surface area contributed by atoms with Crippen molar-refractivity contribution in [3.8, 4) is 0 Å². The molecule has 0 saturated heterocycles. The summed E-state index contributed by atoms with van der Waals surface area (Å²) in [5.74, 6) is 0.0456. The summed E-state index contributed by atoms with van der Waals surface area (Å²) in [4.78, 5) is 12.6. The van der Waals surface area contributed by atoms with Crippen LogP contribution in [0.15, 0.2) is 30.5 Å². The number of rotatable bonds is 2. The molecule has 3 rings (SSSR count). The van der Waals surface area contributed by atoms with E-state index in [9.17, 15) is 9.18 Å². The van der Waals surface area contributed by atoms with E-state index in [0.717, 1.165) is 15.6 Å². The minimum atomic E-state index is -0.304. The van der Waals surface area contributed by atoms with Crippen LogP contribution in [0.5, 0.6) is 0 Å². The van der Waals surface area contributed by atoms with Crippen molar-refractivity contribution >= 4 is 33.1 Å². The second-order valence-electron chi connectivity index (χ2n) is 4.17. The van der Waals surface area contributed by atoms with Crippen LogP contribution in [0, 0.1) is 12.7 Å². The van der Waals surface area contributed by atoms with E-state index in [1.54, 1.807) is 18.3 Å². The van der Waals surface area contributed by atoms with Crippen molar-refractivity contribution in [3.05, 3.63) is 46.7 Å². The number of anilines is 1. The van der Waals surface area contributed by atoms with Gasteiger partial charge in [0.15, 0.2) is 0 Å². The molecule has 0 aliphatic heterocycles. The summed E-state index contributed by atoms with van der Waals surface area (Å²) in [6.07, 6.45) is 1.63. The fourth-order valence-corrected chi connectivity index (χ4v) is 2.71. The van der Waals surface area contributed by atoms with Crippen molar-refractivity contribution in [1.29, 1.82) is 0 Å². The molecule has 0 unspecified atom stereocenters. The van der Waals surface area contributed by atoms with E-state index in [2.05, 4.69) is 15.5 Å². The van der Waals surface area contributed by atoms with Crippen LogP contribution in [0.3, 0.4) is 0 Å². The summed E-state index contributed by atoms with van der Waals surface area (Å²) in [7, 11) is 0. The Kier molecular flexibility index (Phi) is 2.79. The number of hydrogen-bond donors (Lipinski definition) is 2. The molecule has 0 spiro atoms. The summed E-state index contributed by atoms with van der Waals surface area (Å²) in [5, 5.41) is 10.0. The maximum Gasteiger partial charge on any atom is 0.266 e. The largest absolute Gasteiger partial charge is 0.306 e. The predicted octanol–water partition coefficient (Wildman–Crippen LogP) is 3.32. The molecule has 2 heterocycles. The smallest absolute Gasteiger partial charge is 0.266 e. The van der Waals surface area contributed by atoms with Gasteiger partial charge in [0.1, 0.15) is 11.6 Å². The van der Waals surface area contributed by atoms with Crippen LogP contribution in [0.1, 0.15) is 15.2 Å². The van der Waals surface area contributed by atoms with Crippen LogP contribution in [0.25, 0.3) is 10.1 Å². The Bertz CT molecular complexity index is 762. The van der Waals surface area contributed by atoms with E-state index < -0.39 is 0 Å². The number of H-pyrrole nitrogens is 1. The van der Waals surface area contributed by atoms with Crippen LogP contribution in [0.4, 0.5) is 10.2 Å². The standard InChI is InChI=1S/C13H10FN3OS/c1-7-6-15-17-12(7)16-13(18)11-5-8-4-9(14)2-3-10(8)19-11/h2-6H,1H3,(H2,15,16,17,18). The Labute approximate surface area is 112 Å². The Morgan fingerprint density at radius 2 is 2.26 bits per heavy atom. The van der Waals surface area contributed by atoms with Crippen LogP contribution in [-0.2, 0) is 0 Å². The van der Waals surface area contributed by atoms with Crippen molar-refractivity contribution < 1.29 is 9.18 Å². The molecule has 1 aromatic carbocycles. The molecule has 0 radical (unpaired) electrons. The van der Waals surface area contributed by atoms with Gasteiger partial charge in [-0.1, -0.05) is 0 Å². The van der Waals surface area contributed by atoms with Crippen LogP contribution in [0.2, 0.25) is 0 Å². The molecule has 0 fully saturated rings. The first-order valence-electron chi connectivity index (χ1n) is 5.64. The van der Waals surface area contributed by atoms with Gasteiger partial charge in [-0.15, -0.1) is 11.3 Å². The molecule has 2 aromatic heterocycles. The Morgan fingerprint density at radius 1 is 1.42 bits per heavy atom. The third kappa shape index (κ3) is 2.22. The van der Waals surface area contributed by atoms with E-state index in [1.807, 2.05) is 6.92 Å². The van der Waals surface area contributed by atoms with Gasteiger partial charge in [0.05, 0.1) is 11.1 Å². The quantitative estimate of drug-likeness (QED) is 0.753. The van der Waals surface area contributed by atoms with Gasteiger partial charge in [-0.05, 0) is 36.6 Å². The fourth-order valence-electron chi connectivity index (χ4n) is 1.77. The Hall–Kier alpha value is -2.21. The first-order chi connectivity index (χ1) is 9.13. The molecule has 1 amide bonds. The summed E-state index contributed by atoms with van der Waals surface area (Å²) < 4.78 is 14.0. The number of fused-ring (bicyclic) bond motifs is 1. The highest BCUT2D eigenvalue weighted by Gasteiger charge is 2.12. The number of thiophene rings is 1. The van der Waals surface area contributed by atoms with Crippen molar-refractivity contribution in [2.75, 3.05) is 5.32 Å². The second kappa shape index (κ2) is 4.47. The highest BCUT2D eigenvalue weighted by Crippen LogP contribution is 2.27. The van der Waals surface area contributed by atoms with Gasteiger partial charge < -0.3 is 5.32 Å². The molecule has 6 heteroatoms. The number of carbonyl (C=O) groups is 1. The van der Waals surface area contributed by atoms with E-state index in [0.29, 0.717) is 10.7 Å². The van der Waals surface area contributed by atoms with Crippen LogP contribution < -0.4 is 5.32 Å². The van der Waals surface area contributed by atoms with Gasteiger partial charge in [0.25, 0.3) is 5.91 Å². The topological polar surface area (TPSA) is 57.8 Å². The summed E-state index contributed by atoms with van der Waals surface area (Å²) >= 11 is 1.33. The van der Waals surface area contributed by atoms with Crippen molar-refractivity contribution in [2.45, 2.75) is 6.92 Å². The molecule has 0 saturated carbocycles. The number of halogens is 1. The van der Waals surface area contributed by atoms with Gasteiger partial charge in [0, 0.05) is 10.3 Å². The lowest BCUT2D eigenvalue weighted by Gasteiger charge is -2.00. The molecule has 19 heavy (non-hydrogen) atoms. The molecule has 3 aromatic rings. The zero-order valence-electron chi connectivity index (χ0n) is 10.0. The molecule has 0 atom stereocenters. The van der Waals surface area contributed by atoms with Gasteiger partial charge >= 0.3 is 0 Å². The molecule has 4 nitrogen and oxygen atoms in total.